The smallest absolute Gasteiger partial charge is 0.332 e. The van der Waals surface area contributed by atoms with E-state index in [2.05, 4.69) is 10.3 Å². The van der Waals surface area contributed by atoms with Crippen molar-refractivity contribution in [2.75, 3.05) is 6.61 Å². The standard InChI is InChI=1S/C21H30N4O5/c1-8-30-20(28)17(11(2)3)23-15(26)10-9-14-12(4)16-18(22-13(14)5)24(6)21(29)25(7)19(16)27/h11,17H,8-10H2,1-7H3,(H,23,26)/t17-/m1/s1. The third-order valence-corrected chi connectivity index (χ3v) is 5.30. The van der Waals surface area contributed by atoms with Crippen molar-refractivity contribution in [3.8, 4) is 0 Å². The van der Waals surface area contributed by atoms with Gasteiger partial charge in [-0.25, -0.2) is 14.6 Å². The minimum atomic E-state index is -0.712. The summed E-state index contributed by atoms with van der Waals surface area (Å²) in [7, 11) is 3.00. The van der Waals surface area contributed by atoms with E-state index < -0.39 is 23.3 Å². The first-order valence-corrected chi connectivity index (χ1v) is 10.0. The lowest BCUT2D eigenvalue weighted by atomic mass is 9.99. The molecule has 0 saturated heterocycles. The Labute approximate surface area is 175 Å². The molecule has 0 aliphatic carbocycles. The van der Waals surface area contributed by atoms with E-state index in [0.29, 0.717) is 28.7 Å². The average Bonchev–Trinajstić information content (AvgIpc) is 2.68. The minimum absolute atomic E-state index is 0.108. The summed E-state index contributed by atoms with van der Waals surface area (Å²) >= 11 is 0. The third kappa shape index (κ3) is 4.44. The van der Waals surface area contributed by atoms with Crippen LogP contribution in [-0.2, 0) is 34.8 Å². The van der Waals surface area contributed by atoms with Crippen LogP contribution >= 0.6 is 0 Å². The maximum absolute atomic E-state index is 12.7. The Balaban J connectivity index is 2.32. The number of rotatable bonds is 7. The molecule has 0 aromatic carbocycles. The van der Waals surface area contributed by atoms with Crippen LogP contribution in [0.3, 0.4) is 0 Å². The van der Waals surface area contributed by atoms with Gasteiger partial charge in [-0.05, 0) is 44.2 Å². The normalized spacial score (nSPS) is 12.3. The predicted octanol–water partition coefficient (Wildman–Crippen LogP) is 0.886. The molecule has 0 bridgehead atoms. The number of carbonyl (C=O) groups is 2. The molecule has 1 atom stereocenters. The number of amides is 1. The molecule has 2 aromatic rings. The number of aryl methyl sites for hydroxylation is 3. The maximum atomic E-state index is 12.7. The monoisotopic (exact) mass is 418 g/mol. The summed E-state index contributed by atoms with van der Waals surface area (Å²) < 4.78 is 7.43. The van der Waals surface area contributed by atoms with Crippen molar-refractivity contribution in [1.29, 1.82) is 0 Å². The first kappa shape index (κ1) is 23.3. The van der Waals surface area contributed by atoms with Crippen molar-refractivity contribution in [3.63, 3.8) is 0 Å². The topological polar surface area (TPSA) is 112 Å². The average molecular weight is 418 g/mol. The molecule has 0 saturated carbocycles. The molecule has 164 valence electrons. The van der Waals surface area contributed by atoms with Gasteiger partial charge in [-0.2, -0.15) is 0 Å². The Kier molecular flexibility index (Phi) is 7.17. The molecule has 1 N–H and O–H groups in total. The van der Waals surface area contributed by atoms with Gasteiger partial charge in [0.25, 0.3) is 5.56 Å². The van der Waals surface area contributed by atoms with Crippen molar-refractivity contribution < 1.29 is 14.3 Å². The molecule has 0 aliphatic rings. The molecule has 1 amide bonds. The first-order chi connectivity index (χ1) is 14.0. The summed E-state index contributed by atoms with van der Waals surface area (Å²) in [5, 5.41) is 3.11. The van der Waals surface area contributed by atoms with E-state index in [4.69, 9.17) is 4.74 Å². The van der Waals surface area contributed by atoms with Crippen LogP contribution in [-0.4, -0.2) is 38.6 Å². The second-order valence-corrected chi connectivity index (χ2v) is 7.75. The highest BCUT2D eigenvalue weighted by molar-refractivity contribution is 5.85. The second-order valence-electron chi connectivity index (χ2n) is 7.75. The van der Waals surface area contributed by atoms with Crippen LogP contribution in [0.4, 0.5) is 0 Å². The molecule has 2 heterocycles. The molecular weight excluding hydrogens is 388 g/mol. The van der Waals surface area contributed by atoms with E-state index in [9.17, 15) is 19.2 Å². The van der Waals surface area contributed by atoms with E-state index in [1.165, 1.54) is 11.6 Å². The zero-order valence-corrected chi connectivity index (χ0v) is 18.7. The van der Waals surface area contributed by atoms with Crippen LogP contribution in [0.1, 0.15) is 44.0 Å². The van der Waals surface area contributed by atoms with Gasteiger partial charge in [-0.15, -0.1) is 0 Å². The third-order valence-electron chi connectivity index (χ3n) is 5.30. The molecule has 0 aliphatic heterocycles. The van der Waals surface area contributed by atoms with Crippen molar-refractivity contribution in [2.24, 2.45) is 20.0 Å². The number of esters is 1. The van der Waals surface area contributed by atoms with Gasteiger partial charge in [0, 0.05) is 26.2 Å². The van der Waals surface area contributed by atoms with Crippen molar-refractivity contribution >= 4 is 22.9 Å². The van der Waals surface area contributed by atoms with Crippen molar-refractivity contribution in [1.82, 2.24) is 19.4 Å². The van der Waals surface area contributed by atoms with Crippen molar-refractivity contribution in [3.05, 3.63) is 37.7 Å². The number of fused-ring (bicyclic) bond motifs is 1. The zero-order valence-electron chi connectivity index (χ0n) is 18.7. The quantitative estimate of drug-likeness (QED) is 0.668. The molecule has 0 spiro atoms. The number of nitrogens with zero attached hydrogens (tertiary/aromatic N) is 3. The van der Waals surface area contributed by atoms with E-state index in [1.54, 1.807) is 27.8 Å². The Hall–Kier alpha value is -2.97. The Morgan fingerprint density at radius 1 is 1.13 bits per heavy atom. The molecule has 0 unspecified atom stereocenters. The lowest BCUT2D eigenvalue weighted by molar-refractivity contribution is -0.148. The van der Waals surface area contributed by atoms with Crippen LogP contribution < -0.4 is 16.6 Å². The number of carbonyl (C=O) groups excluding carboxylic acids is 2. The molecular formula is C21H30N4O5. The minimum Gasteiger partial charge on any atom is -0.464 e. The number of nitrogens with one attached hydrogen (secondary N) is 1. The van der Waals surface area contributed by atoms with Gasteiger partial charge in [-0.1, -0.05) is 13.8 Å². The summed E-state index contributed by atoms with van der Waals surface area (Å²) in [5.41, 5.74) is 1.61. The van der Waals surface area contributed by atoms with Gasteiger partial charge in [0.1, 0.15) is 11.7 Å². The SMILES string of the molecule is CCOC(=O)[C@H](NC(=O)CCc1c(C)nc2c(c1C)c(=O)n(C)c(=O)n2C)C(C)C. The van der Waals surface area contributed by atoms with Gasteiger partial charge in [0.05, 0.1) is 12.0 Å². The Morgan fingerprint density at radius 2 is 1.77 bits per heavy atom. The molecule has 9 heteroatoms. The fourth-order valence-electron chi connectivity index (χ4n) is 3.52. The van der Waals surface area contributed by atoms with Gasteiger partial charge < -0.3 is 10.1 Å². The highest BCUT2D eigenvalue weighted by atomic mass is 16.5. The largest absolute Gasteiger partial charge is 0.464 e. The van der Waals surface area contributed by atoms with Crippen LogP contribution in [0.2, 0.25) is 0 Å². The van der Waals surface area contributed by atoms with E-state index in [1.807, 2.05) is 13.8 Å². The fraction of sp³-hybridized carbons (Fsp3) is 0.571. The number of ether oxygens (including phenoxy) is 1. The number of hydrogen-bond acceptors (Lipinski definition) is 6. The molecule has 0 fully saturated rings. The maximum Gasteiger partial charge on any atom is 0.332 e. The first-order valence-electron chi connectivity index (χ1n) is 10.0. The summed E-state index contributed by atoms with van der Waals surface area (Å²) in [6.07, 6.45) is 0.482. The molecule has 2 aromatic heterocycles. The summed E-state index contributed by atoms with van der Waals surface area (Å²) in [4.78, 5) is 53.9. The van der Waals surface area contributed by atoms with Crippen LogP contribution in [0, 0.1) is 19.8 Å². The van der Waals surface area contributed by atoms with E-state index >= 15 is 0 Å². The van der Waals surface area contributed by atoms with Gasteiger partial charge >= 0.3 is 11.7 Å². The van der Waals surface area contributed by atoms with Gasteiger partial charge in [0.2, 0.25) is 5.91 Å². The van der Waals surface area contributed by atoms with Gasteiger partial charge in [0.15, 0.2) is 0 Å². The van der Waals surface area contributed by atoms with Gasteiger partial charge in [-0.3, -0.25) is 18.7 Å². The fourth-order valence-corrected chi connectivity index (χ4v) is 3.52. The highest BCUT2D eigenvalue weighted by Gasteiger charge is 2.25. The van der Waals surface area contributed by atoms with Crippen LogP contribution in [0.5, 0.6) is 0 Å². The number of hydrogen-bond donors (Lipinski definition) is 1. The number of pyridine rings is 1. The van der Waals surface area contributed by atoms with Crippen LogP contribution in [0.25, 0.3) is 11.0 Å². The lowest BCUT2D eigenvalue weighted by Gasteiger charge is -2.21. The predicted molar refractivity (Wildman–Crippen MR) is 113 cm³/mol. The van der Waals surface area contributed by atoms with E-state index in [-0.39, 0.29) is 24.9 Å². The molecule has 0 radical (unpaired) electrons. The molecule has 2 rings (SSSR count). The van der Waals surface area contributed by atoms with Crippen molar-refractivity contribution in [2.45, 2.75) is 53.5 Å². The summed E-state index contributed by atoms with van der Waals surface area (Å²) in [6.45, 7) is 9.22. The molecule has 9 nitrogen and oxygen atoms in total. The second kappa shape index (κ2) is 9.23. The Bertz CT molecular complexity index is 1100. The van der Waals surface area contributed by atoms with Crippen LogP contribution in [0.15, 0.2) is 9.59 Å². The summed E-state index contributed by atoms with van der Waals surface area (Å²) in [5.74, 6) is -0.845. The Morgan fingerprint density at radius 3 is 2.33 bits per heavy atom. The zero-order chi connectivity index (χ0) is 22.7. The highest BCUT2D eigenvalue weighted by Crippen LogP contribution is 2.20. The summed E-state index contributed by atoms with van der Waals surface area (Å²) in [6, 6.07) is -0.712. The lowest BCUT2D eigenvalue weighted by Crippen LogP contribution is -2.45. The molecule has 30 heavy (non-hydrogen) atoms. The number of aromatic nitrogens is 3. The van der Waals surface area contributed by atoms with E-state index in [0.717, 1.165) is 10.1 Å².